The number of pyridine rings is 1. The molecule has 0 unspecified atom stereocenters. The fraction of sp³-hybridized carbons (Fsp3) is 0.400. The number of aromatic nitrogens is 1. The van der Waals surface area contributed by atoms with Crippen LogP contribution in [0.1, 0.15) is 0 Å². The second kappa shape index (κ2) is 10.5. The van der Waals surface area contributed by atoms with Gasteiger partial charge in [0, 0.05) is 31.8 Å². The molecular formula is C20H25N3O5. The Balaban J connectivity index is 1.38. The second-order valence-corrected chi connectivity index (χ2v) is 6.20. The van der Waals surface area contributed by atoms with Gasteiger partial charge in [0.2, 0.25) is 5.88 Å². The molecule has 1 N–H and O–H groups in total. The van der Waals surface area contributed by atoms with Crippen LogP contribution < -0.4 is 19.5 Å². The zero-order valence-corrected chi connectivity index (χ0v) is 15.9. The highest BCUT2D eigenvalue weighted by Gasteiger charge is 2.10. The van der Waals surface area contributed by atoms with E-state index >= 15 is 0 Å². The number of hydrogen-bond acceptors (Lipinski definition) is 7. The van der Waals surface area contributed by atoms with Crippen LogP contribution in [0.5, 0.6) is 17.4 Å². The third-order valence-corrected chi connectivity index (χ3v) is 4.19. The Morgan fingerprint density at radius 1 is 1.18 bits per heavy atom. The Kier molecular flexibility index (Phi) is 7.45. The van der Waals surface area contributed by atoms with E-state index in [2.05, 4.69) is 15.2 Å². The lowest BCUT2D eigenvalue weighted by molar-refractivity contribution is -0.118. The lowest BCUT2D eigenvalue weighted by atomic mass is 10.3. The highest BCUT2D eigenvalue weighted by atomic mass is 16.5. The molecule has 8 nitrogen and oxygen atoms in total. The molecule has 1 saturated heterocycles. The molecule has 2 heterocycles. The Bertz CT molecular complexity index is 748. The summed E-state index contributed by atoms with van der Waals surface area (Å²) in [5.41, 5.74) is 0.583. The van der Waals surface area contributed by atoms with E-state index in [0.29, 0.717) is 29.7 Å². The molecule has 0 aliphatic carbocycles. The molecule has 28 heavy (non-hydrogen) atoms. The molecule has 0 saturated carbocycles. The molecule has 0 spiro atoms. The molecule has 150 valence electrons. The van der Waals surface area contributed by atoms with Crippen LogP contribution >= 0.6 is 0 Å². The van der Waals surface area contributed by atoms with Crippen LogP contribution in [0.3, 0.4) is 0 Å². The van der Waals surface area contributed by atoms with Crippen LogP contribution in [0, 0.1) is 0 Å². The minimum Gasteiger partial charge on any atom is -0.497 e. The predicted octanol–water partition coefficient (Wildman–Crippen LogP) is 1.82. The van der Waals surface area contributed by atoms with Crippen molar-refractivity contribution in [3.8, 4) is 17.4 Å². The average molecular weight is 387 g/mol. The van der Waals surface area contributed by atoms with E-state index in [1.54, 1.807) is 43.6 Å². The van der Waals surface area contributed by atoms with Crippen molar-refractivity contribution >= 4 is 11.6 Å². The third kappa shape index (κ3) is 6.40. The number of carbonyl (C=O) groups excluding carboxylic acids is 1. The number of nitrogens with one attached hydrogen (secondary N) is 1. The van der Waals surface area contributed by atoms with Gasteiger partial charge in [-0.2, -0.15) is 0 Å². The average Bonchev–Trinajstić information content (AvgIpc) is 2.74. The molecule has 0 radical (unpaired) electrons. The first-order chi connectivity index (χ1) is 13.7. The molecule has 1 aromatic heterocycles. The van der Waals surface area contributed by atoms with E-state index < -0.39 is 0 Å². The molecule has 1 fully saturated rings. The molecule has 1 amide bonds. The lowest BCUT2D eigenvalue weighted by Crippen LogP contribution is -2.38. The molecule has 1 aliphatic heterocycles. The first kappa shape index (κ1) is 19.9. The van der Waals surface area contributed by atoms with Crippen molar-refractivity contribution in [3.05, 3.63) is 42.6 Å². The van der Waals surface area contributed by atoms with Crippen molar-refractivity contribution in [1.82, 2.24) is 9.88 Å². The minimum absolute atomic E-state index is 0.106. The Labute approximate surface area is 164 Å². The number of amides is 1. The quantitative estimate of drug-likeness (QED) is 0.703. The monoisotopic (exact) mass is 387 g/mol. The van der Waals surface area contributed by atoms with Crippen LogP contribution in [-0.4, -0.2) is 69.0 Å². The summed E-state index contributed by atoms with van der Waals surface area (Å²) < 4.78 is 21.6. The molecule has 1 aromatic carbocycles. The molecular weight excluding hydrogens is 362 g/mol. The first-order valence-corrected chi connectivity index (χ1v) is 9.18. The topological polar surface area (TPSA) is 82.2 Å². The van der Waals surface area contributed by atoms with Gasteiger partial charge in [0.05, 0.1) is 32.2 Å². The molecule has 0 atom stereocenters. The first-order valence-electron chi connectivity index (χ1n) is 9.18. The fourth-order valence-corrected chi connectivity index (χ4v) is 2.68. The summed E-state index contributed by atoms with van der Waals surface area (Å²) in [6.07, 6.45) is 1.56. The normalized spacial score (nSPS) is 14.3. The van der Waals surface area contributed by atoms with Gasteiger partial charge >= 0.3 is 0 Å². The summed E-state index contributed by atoms with van der Waals surface area (Å²) in [5.74, 6) is 1.49. The highest BCUT2D eigenvalue weighted by Crippen LogP contribution is 2.19. The van der Waals surface area contributed by atoms with E-state index in [1.807, 2.05) is 6.07 Å². The van der Waals surface area contributed by atoms with Gasteiger partial charge in [0.15, 0.2) is 6.61 Å². The maximum atomic E-state index is 12.0. The summed E-state index contributed by atoms with van der Waals surface area (Å²) in [5, 5.41) is 2.74. The maximum Gasteiger partial charge on any atom is 0.262 e. The van der Waals surface area contributed by atoms with Crippen molar-refractivity contribution in [2.75, 3.05) is 58.5 Å². The Morgan fingerprint density at radius 2 is 2.00 bits per heavy atom. The third-order valence-electron chi connectivity index (χ3n) is 4.19. The van der Waals surface area contributed by atoms with Gasteiger partial charge in [-0.3, -0.25) is 9.69 Å². The summed E-state index contributed by atoms with van der Waals surface area (Å²) in [6, 6.07) is 10.6. The van der Waals surface area contributed by atoms with Crippen molar-refractivity contribution in [2.45, 2.75) is 0 Å². The van der Waals surface area contributed by atoms with Gasteiger partial charge in [0.25, 0.3) is 5.91 Å². The van der Waals surface area contributed by atoms with Crippen LogP contribution in [0.15, 0.2) is 42.6 Å². The molecule has 0 bridgehead atoms. The Morgan fingerprint density at radius 3 is 2.75 bits per heavy atom. The number of hydrogen-bond donors (Lipinski definition) is 1. The largest absolute Gasteiger partial charge is 0.497 e. The van der Waals surface area contributed by atoms with E-state index in [1.165, 1.54) is 0 Å². The number of rotatable bonds is 9. The number of carbonyl (C=O) groups is 1. The van der Waals surface area contributed by atoms with E-state index in [-0.39, 0.29) is 12.5 Å². The standard InChI is InChI=1S/C20H25N3O5/c1-25-17-3-2-4-18(13-17)28-15-19(24)22-16-5-6-20(21-14-16)27-12-9-23-7-10-26-11-8-23/h2-6,13-14H,7-12,15H2,1H3,(H,22,24). The van der Waals surface area contributed by atoms with Crippen LogP contribution in [-0.2, 0) is 9.53 Å². The van der Waals surface area contributed by atoms with Gasteiger partial charge in [0.1, 0.15) is 18.1 Å². The molecule has 3 rings (SSSR count). The van der Waals surface area contributed by atoms with Crippen molar-refractivity contribution in [2.24, 2.45) is 0 Å². The van der Waals surface area contributed by atoms with E-state index in [0.717, 1.165) is 32.8 Å². The number of nitrogens with zero attached hydrogens (tertiary/aromatic N) is 2. The summed E-state index contributed by atoms with van der Waals surface area (Å²) in [7, 11) is 1.58. The van der Waals surface area contributed by atoms with Crippen LogP contribution in [0.2, 0.25) is 0 Å². The van der Waals surface area contributed by atoms with Gasteiger partial charge in [-0.05, 0) is 18.2 Å². The highest BCUT2D eigenvalue weighted by molar-refractivity contribution is 5.91. The summed E-state index contributed by atoms with van der Waals surface area (Å²) >= 11 is 0. The predicted molar refractivity (Wildman–Crippen MR) is 104 cm³/mol. The van der Waals surface area contributed by atoms with Gasteiger partial charge < -0.3 is 24.3 Å². The minimum atomic E-state index is -0.273. The maximum absolute atomic E-state index is 12.0. The lowest BCUT2D eigenvalue weighted by Gasteiger charge is -2.26. The number of anilines is 1. The van der Waals surface area contributed by atoms with Gasteiger partial charge in [-0.25, -0.2) is 4.98 Å². The number of benzene rings is 1. The zero-order valence-electron chi connectivity index (χ0n) is 15.9. The molecule has 2 aromatic rings. The summed E-state index contributed by atoms with van der Waals surface area (Å²) in [4.78, 5) is 18.5. The molecule has 1 aliphatic rings. The summed E-state index contributed by atoms with van der Waals surface area (Å²) in [6.45, 7) is 4.70. The van der Waals surface area contributed by atoms with Crippen molar-refractivity contribution in [3.63, 3.8) is 0 Å². The number of methoxy groups -OCH3 is 1. The fourth-order valence-electron chi connectivity index (χ4n) is 2.68. The SMILES string of the molecule is COc1cccc(OCC(=O)Nc2ccc(OCCN3CCOCC3)nc2)c1. The van der Waals surface area contributed by atoms with E-state index in [9.17, 15) is 4.79 Å². The van der Waals surface area contributed by atoms with Crippen LogP contribution in [0.25, 0.3) is 0 Å². The molecule has 8 heteroatoms. The smallest absolute Gasteiger partial charge is 0.262 e. The Hall–Kier alpha value is -2.84. The zero-order chi connectivity index (χ0) is 19.6. The van der Waals surface area contributed by atoms with Gasteiger partial charge in [-0.15, -0.1) is 0 Å². The van der Waals surface area contributed by atoms with Crippen molar-refractivity contribution < 1.29 is 23.7 Å². The van der Waals surface area contributed by atoms with Crippen molar-refractivity contribution in [1.29, 1.82) is 0 Å². The number of morpholine rings is 1. The van der Waals surface area contributed by atoms with Crippen LogP contribution in [0.4, 0.5) is 5.69 Å². The number of ether oxygens (including phenoxy) is 4. The van der Waals surface area contributed by atoms with Gasteiger partial charge in [-0.1, -0.05) is 6.07 Å². The second-order valence-electron chi connectivity index (χ2n) is 6.20. The van der Waals surface area contributed by atoms with E-state index in [4.69, 9.17) is 18.9 Å².